The summed E-state index contributed by atoms with van der Waals surface area (Å²) in [5.41, 5.74) is 3.04. The smallest absolute Gasteiger partial charge is 0.228 e. The Morgan fingerprint density at radius 2 is 1.90 bits per heavy atom. The van der Waals surface area contributed by atoms with Crippen molar-refractivity contribution < 1.29 is 9.90 Å². The van der Waals surface area contributed by atoms with Crippen LogP contribution in [0.15, 0.2) is 36.4 Å². The van der Waals surface area contributed by atoms with E-state index in [0.29, 0.717) is 10.7 Å². The van der Waals surface area contributed by atoms with Crippen molar-refractivity contribution in [2.75, 3.05) is 5.32 Å². The normalized spacial score (nSPS) is 10.3. The fourth-order valence-electron chi connectivity index (χ4n) is 1.94. The lowest BCUT2D eigenvalue weighted by molar-refractivity contribution is -0.115. The Morgan fingerprint density at radius 3 is 2.60 bits per heavy atom. The number of nitrogens with one attached hydrogen (secondary N) is 1. The number of hydrogen-bond acceptors (Lipinski definition) is 2. The Labute approximate surface area is 123 Å². The average molecular weight is 290 g/mol. The third-order valence-corrected chi connectivity index (χ3v) is 3.49. The summed E-state index contributed by atoms with van der Waals surface area (Å²) in [6, 6.07) is 10.7. The van der Waals surface area contributed by atoms with Crippen molar-refractivity contribution >= 4 is 23.2 Å². The zero-order valence-electron chi connectivity index (χ0n) is 11.4. The van der Waals surface area contributed by atoms with Crippen LogP contribution >= 0.6 is 11.6 Å². The number of phenols is 1. The molecule has 20 heavy (non-hydrogen) atoms. The van der Waals surface area contributed by atoms with E-state index in [1.165, 1.54) is 0 Å². The van der Waals surface area contributed by atoms with Gasteiger partial charge in [-0.25, -0.2) is 0 Å². The summed E-state index contributed by atoms with van der Waals surface area (Å²) in [6.45, 7) is 3.63. The van der Waals surface area contributed by atoms with Crippen LogP contribution in [0.4, 0.5) is 5.69 Å². The minimum absolute atomic E-state index is 0.133. The van der Waals surface area contributed by atoms with E-state index in [2.05, 4.69) is 5.32 Å². The molecule has 0 spiro atoms. The second kappa shape index (κ2) is 5.97. The average Bonchev–Trinajstić information content (AvgIpc) is 2.39. The molecule has 0 fully saturated rings. The number of carbonyl (C=O) groups excluding carboxylic acids is 1. The predicted octanol–water partition coefficient (Wildman–Crippen LogP) is 3.84. The van der Waals surface area contributed by atoms with E-state index in [1.54, 1.807) is 25.1 Å². The molecule has 2 N–H and O–H groups in total. The highest BCUT2D eigenvalue weighted by molar-refractivity contribution is 6.31. The number of amides is 1. The molecule has 2 aromatic rings. The standard InChI is InChI=1S/C16H16ClNO2/c1-10-8-15(19)11(2)7-14(10)18-16(20)9-12-5-3-4-6-13(12)17/h3-8,19H,9H2,1-2H3,(H,18,20). The molecule has 3 nitrogen and oxygen atoms in total. The van der Waals surface area contributed by atoms with Crippen molar-refractivity contribution in [2.24, 2.45) is 0 Å². The minimum Gasteiger partial charge on any atom is -0.508 e. The number of benzene rings is 2. The molecule has 0 saturated carbocycles. The Kier molecular flexibility index (Phi) is 4.30. The van der Waals surface area contributed by atoms with Gasteiger partial charge in [-0.3, -0.25) is 4.79 Å². The van der Waals surface area contributed by atoms with Crippen LogP contribution in [0.1, 0.15) is 16.7 Å². The van der Waals surface area contributed by atoms with Gasteiger partial charge in [-0.1, -0.05) is 29.8 Å². The van der Waals surface area contributed by atoms with Crippen LogP contribution in [0.25, 0.3) is 0 Å². The quantitative estimate of drug-likeness (QED) is 0.843. The summed E-state index contributed by atoms with van der Waals surface area (Å²) in [4.78, 5) is 12.1. The van der Waals surface area contributed by atoms with E-state index < -0.39 is 0 Å². The molecule has 1 amide bonds. The number of carbonyl (C=O) groups is 1. The molecule has 0 radical (unpaired) electrons. The lowest BCUT2D eigenvalue weighted by atomic mass is 10.1. The summed E-state index contributed by atoms with van der Waals surface area (Å²) < 4.78 is 0. The van der Waals surface area contributed by atoms with E-state index in [0.717, 1.165) is 16.7 Å². The lowest BCUT2D eigenvalue weighted by Gasteiger charge is -2.11. The molecule has 104 valence electrons. The highest BCUT2D eigenvalue weighted by atomic mass is 35.5. The number of phenolic OH excluding ortho intramolecular Hbond substituents is 1. The van der Waals surface area contributed by atoms with Crippen molar-refractivity contribution in [3.63, 3.8) is 0 Å². The van der Waals surface area contributed by atoms with E-state index in [-0.39, 0.29) is 18.1 Å². The van der Waals surface area contributed by atoms with Gasteiger partial charge in [0, 0.05) is 10.7 Å². The van der Waals surface area contributed by atoms with Gasteiger partial charge < -0.3 is 10.4 Å². The van der Waals surface area contributed by atoms with Crippen LogP contribution in [0.5, 0.6) is 5.75 Å². The Morgan fingerprint density at radius 1 is 1.20 bits per heavy atom. The molecule has 0 aliphatic rings. The first kappa shape index (κ1) is 14.4. The SMILES string of the molecule is Cc1cc(NC(=O)Cc2ccccc2Cl)c(C)cc1O. The number of aromatic hydroxyl groups is 1. The molecule has 0 aliphatic heterocycles. The van der Waals surface area contributed by atoms with Gasteiger partial charge in [0.25, 0.3) is 0 Å². The molecule has 2 aromatic carbocycles. The van der Waals surface area contributed by atoms with Gasteiger partial charge in [0.15, 0.2) is 0 Å². The number of rotatable bonds is 3. The first-order valence-electron chi connectivity index (χ1n) is 6.31. The fraction of sp³-hybridized carbons (Fsp3) is 0.188. The Balaban J connectivity index is 2.13. The van der Waals surface area contributed by atoms with Crippen LogP contribution < -0.4 is 5.32 Å². The summed E-state index contributed by atoms with van der Waals surface area (Å²) in [7, 11) is 0. The number of anilines is 1. The zero-order valence-corrected chi connectivity index (χ0v) is 12.2. The molecule has 0 aliphatic carbocycles. The highest BCUT2D eigenvalue weighted by Crippen LogP contribution is 2.25. The maximum atomic E-state index is 12.1. The topological polar surface area (TPSA) is 49.3 Å². The molecular weight excluding hydrogens is 274 g/mol. The Hall–Kier alpha value is -2.00. The second-order valence-corrected chi connectivity index (χ2v) is 5.18. The van der Waals surface area contributed by atoms with Gasteiger partial charge in [-0.15, -0.1) is 0 Å². The summed E-state index contributed by atoms with van der Waals surface area (Å²) >= 11 is 6.04. The van der Waals surface area contributed by atoms with Gasteiger partial charge >= 0.3 is 0 Å². The van der Waals surface area contributed by atoms with Crippen LogP contribution in [0.2, 0.25) is 5.02 Å². The third-order valence-electron chi connectivity index (χ3n) is 3.13. The maximum Gasteiger partial charge on any atom is 0.228 e. The van der Waals surface area contributed by atoms with Crippen molar-refractivity contribution in [1.82, 2.24) is 0 Å². The van der Waals surface area contributed by atoms with Crippen molar-refractivity contribution in [3.8, 4) is 5.75 Å². The van der Waals surface area contributed by atoms with Crippen molar-refractivity contribution in [2.45, 2.75) is 20.3 Å². The van der Waals surface area contributed by atoms with Crippen LogP contribution in [0, 0.1) is 13.8 Å². The summed E-state index contributed by atoms with van der Waals surface area (Å²) in [5.74, 6) is 0.0953. The van der Waals surface area contributed by atoms with E-state index in [1.807, 2.05) is 25.1 Å². The second-order valence-electron chi connectivity index (χ2n) is 4.77. The van der Waals surface area contributed by atoms with Gasteiger partial charge in [-0.05, 0) is 48.7 Å². The molecule has 0 unspecified atom stereocenters. The maximum absolute atomic E-state index is 12.1. The van der Waals surface area contributed by atoms with Gasteiger partial charge in [0.1, 0.15) is 5.75 Å². The molecule has 0 bridgehead atoms. The van der Waals surface area contributed by atoms with Crippen molar-refractivity contribution in [1.29, 1.82) is 0 Å². The zero-order chi connectivity index (χ0) is 14.7. The predicted molar refractivity (Wildman–Crippen MR) is 81.4 cm³/mol. The number of aryl methyl sites for hydroxylation is 2. The number of halogens is 1. The highest BCUT2D eigenvalue weighted by Gasteiger charge is 2.10. The molecular formula is C16H16ClNO2. The van der Waals surface area contributed by atoms with Crippen LogP contribution in [0.3, 0.4) is 0 Å². The molecule has 0 aromatic heterocycles. The molecule has 4 heteroatoms. The molecule has 0 saturated heterocycles. The minimum atomic E-state index is -0.133. The van der Waals surface area contributed by atoms with Gasteiger partial charge in [0.2, 0.25) is 5.91 Å². The van der Waals surface area contributed by atoms with Gasteiger partial charge in [0.05, 0.1) is 6.42 Å². The van der Waals surface area contributed by atoms with Crippen molar-refractivity contribution in [3.05, 3.63) is 58.1 Å². The summed E-state index contributed by atoms with van der Waals surface area (Å²) in [6.07, 6.45) is 0.221. The fourth-order valence-corrected chi connectivity index (χ4v) is 2.15. The largest absolute Gasteiger partial charge is 0.508 e. The first-order valence-corrected chi connectivity index (χ1v) is 6.68. The lowest BCUT2D eigenvalue weighted by Crippen LogP contribution is -2.15. The van der Waals surface area contributed by atoms with Gasteiger partial charge in [-0.2, -0.15) is 0 Å². The molecule has 2 rings (SSSR count). The van der Waals surface area contributed by atoms with Crippen LogP contribution in [-0.4, -0.2) is 11.0 Å². The van der Waals surface area contributed by atoms with Crippen LogP contribution in [-0.2, 0) is 11.2 Å². The van der Waals surface area contributed by atoms with E-state index in [4.69, 9.17) is 11.6 Å². The van der Waals surface area contributed by atoms with E-state index in [9.17, 15) is 9.90 Å². The van der Waals surface area contributed by atoms with E-state index >= 15 is 0 Å². The summed E-state index contributed by atoms with van der Waals surface area (Å²) in [5, 5.41) is 13.0. The number of hydrogen-bond donors (Lipinski definition) is 2. The Bertz CT molecular complexity index is 653. The first-order chi connectivity index (χ1) is 9.47. The molecule has 0 atom stereocenters. The molecule has 0 heterocycles. The monoisotopic (exact) mass is 289 g/mol. The third kappa shape index (κ3) is 3.31.